The van der Waals surface area contributed by atoms with Crippen LogP contribution in [0.5, 0.6) is 0 Å². The molecule has 1 aliphatic rings. The van der Waals surface area contributed by atoms with Crippen LogP contribution in [0.15, 0.2) is 29.3 Å². The van der Waals surface area contributed by atoms with E-state index in [1.807, 2.05) is 7.05 Å². The minimum Gasteiger partial charge on any atom is -0.356 e. The van der Waals surface area contributed by atoms with Crippen molar-refractivity contribution in [2.24, 2.45) is 10.9 Å². The zero-order valence-electron chi connectivity index (χ0n) is 10.7. The van der Waals surface area contributed by atoms with Crippen LogP contribution in [0.1, 0.15) is 24.0 Å². The molecular weight excluding hydrogens is 210 g/mol. The predicted molar refractivity (Wildman–Crippen MR) is 72.1 cm³/mol. The first-order chi connectivity index (χ1) is 8.29. The van der Waals surface area contributed by atoms with E-state index in [2.05, 4.69) is 46.8 Å². The fourth-order valence-electron chi connectivity index (χ4n) is 1.77. The Bertz CT molecular complexity index is 394. The molecule has 3 nitrogen and oxygen atoms in total. The zero-order chi connectivity index (χ0) is 12.1. The lowest BCUT2D eigenvalue weighted by atomic mass is 10.1. The van der Waals surface area contributed by atoms with Gasteiger partial charge in [-0.2, -0.15) is 0 Å². The van der Waals surface area contributed by atoms with Crippen LogP contribution in [-0.4, -0.2) is 19.6 Å². The monoisotopic (exact) mass is 231 g/mol. The lowest BCUT2D eigenvalue weighted by Gasteiger charge is -2.12. The van der Waals surface area contributed by atoms with Crippen LogP contribution in [0.4, 0.5) is 0 Å². The molecule has 3 heteroatoms. The highest BCUT2D eigenvalue weighted by Crippen LogP contribution is 2.27. The molecule has 0 saturated heterocycles. The highest BCUT2D eigenvalue weighted by Gasteiger charge is 2.20. The molecule has 0 heterocycles. The largest absolute Gasteiger partial charge is 0.356 e. The second kappa shape index (κ2) is 5.71. The molecule has 0 amide bonds. The first-order valence-electron chi connectivity index (χ1n) is 6.28. The van der Waals surface area contributed by atoms with Crippen molar-refractivity contribution in [2.75, 3.05) is 13.6 Å². The maximum atomic E-state index is 4.23. The smallest absolute Gasteiger partial charge is 0.191 e. The Morgan fingerprint density at radius 3 is 2.71 bits per heavy atom. The van der Waals surface area contributed by atoms with Crippen LogP contribution < -0.4 is 10.6 Å². The van der Waals surface area contributed by atoms with Crippen molar-refractivity contribution in [1.29, 1.82) is 0 Å². The highest BCUT2D eigenvalue weighted by molar-refractivity contribution is 5.79. The molecule has 0 radical (unpaired) electrons. The van der Waals surface area contributed by atoms with Crippen LogP contribution in [0.3, 0.4) is 0 Å². The van der Waals surface area contributed by atoms with Crippen LogP contribution in [0.2, 0.25) is 0 Å². The fourth-order valence-corrected chi connectivity index (χ4v) is 1.77. The Labute approximate surface area is 103 Å². The van der Waals surface area contributed by atoms with Gasteiger partial charge in [0.2, 0.25) is 0 Å². The van der Waals surface area contributed by atoms with Gasteiger partial charge in [0.15, 0.2) is 5.96 Å². The van der Waals surface area contributed by atoms with Crippen LogP contribution >= 0.6 is 0 Å². The first-order valence-corrected chi connectivity index (χ1v) is 6.28. The molecule has 1 aromatic carbocycles. The third-order valence-electron chi connectivity index (χ3n) is 3.19. The molecule has 0 spiro atoms. The Hall–Kier alpha value is -1.51. The molecule has 2 N–H and O–H groups in total. The number of aryl methyl sites for hydroxylation is 1. The summed E-state index contributed by atoms with van der Waals surface area (Å²) in [7, 11) is 1.82. The fraction of sp³-hybridized carbons (Fsp3) is 0.500. The molecule has 0 aromatic heterocycles. The van der Waals surface area contributed by atoms with Crippen LogP contribution in [-0.2, 0) is 6.54 Å². The second-order valence-corrected chi connectivity index (χ2v) is 4.68. The Balaban J connectivity index is 1.80. The summed E-state index contributed by atoms with van der Waals surface area (Å²) >= 11 is 0. The Morgan fingerprint density at radius 2 is 2.06 bits per heavy atom. The number of aliphatic imine (C=N–C) groups is 1. The van der Waals surface area contributed by atoms with Crippen LogP contribution in [0, 0.1) is 12.8 Å². The van der Waals surface area contributed by atoms with Gasteiger partial charge in [-0.25, -0.2) is 0 Å². The van der Waals surface area contributed by atoms with Crippen molar-refractivity contribution in [1.82, 2.24) is 10.6 Å². The van der Waals surface area contributed by atoms with Crippen molar-refractivity contribution in [2.45, 2.75) is 26.3 Å². The molecule has 1 fully saturated rings. The van der Waals surface area contributed by atoms with Gasteiger partial charge in [-0.15, -0.1) is 0 Å². The summed E-state index contributed by atoms with van der Waals surface area (Å²) in [6, 6.07) is 8.43. The summed E-state index contributed by atoms with van der Waals surface area (Å²) in [5.41, 5.74) is 2.64. The number of nitrogens with one attached hydrogen (secondary N) is 2. The van der Waals surface area contributed by atoms with Gasteiger partial charge in [0.25, 0.3) is 0 Å². The summed E-state index contributed by atoms with van der Waals surface area (Å²) in [6.07, 6.45) is 2.73. The highest BCUT2D eigenvalue weighted by atomic mass is 15.2. The van der Waals surface area contributed by atoms with Crippen molar-refractivity contribution < 1.29 is 0 Å². The maximum absolute atomic E-state index is 4.23. The molecular formula is C14H21N3. The van der Waals surface area contributed by atoms with E-state index in [9.17, 15) is 0 Å². The van der Waals surface area contributed by atoms with E-state index in [-0.39, 0.29) is 0 Å². The van der Waals surface area contributed by atoms with Crippen molar-refractivity contribution >= 4 is 5.96 Å². The van der Waals surface area contributed by atoms with E-state index in [1.54, 1.807) is 0 Å². The van der Waals surface area contributed by atoms with Gasteiger partial charge < -0.3 is 10.6 Å². The maximum Gasteiger partial charge on any atom is 0.191 e. The third kappa shape index (κ3) is 3.77. The van der Waals surface area contributed by atoms with E-state index in [0.29, 0.717) is 0 Å². The summed E-state index contributed by atoms with van der Waals surface area (Å²) < 4.78 is 0. The SMILES string of the molecule is CN=C(NCc1ccccc1C)NCC1CC1. The van der Waals surface area contributed by atoms with Gasteiger partial charge in [0.05, 0.1) is 0 Å². The van der Waals surface area contributed by atoms with E-state index < -0.39 is 0 Å². The Kier molecular flexibility index (Phi) is 4.02. The molecule has 0 atom stereocenters. The molecule has 0 unspecified atom stereocenters. The minimum atomic E-state index is 0.830. The lowest BCUT2D eigenvalue weighted by Crippen LogP contribution is -2.37. The van der Waals surface area contributed by atoms with E-state index in [1.165, 1.54) is 24.0 Å². The molecule has 92 valence electrons. The van der Waals surface area contributed by atoms with Gasteiger partial charge in [-0.1, -0.05) is 24.3 Å². The van der Waals surface area contributed by atoms with Crippen LogP contribution in [0.25, 0.3) is 0 Å². The molecule has 2 rings (SSSR count). The van der Waals surface area contributed by atoms with Gasteiger partial charge in [-0.3, -0.25) is 4.99 Å². The van der Waals surface area contributed by atoms with Crippen molar-refractivity contribution in [3.8, 4) is 0 Å². The standard InChI is InChI=1S/C14H21N3/c1-11-5-3-4-6-13(11)10-17-14(15-2)16-9-12-7-8-12/h3-6,12H,7-10H2,1-2H3,(H2,15,16,17). The molecule has 1 aromatic rings. The first kappa shape index (κ1) is 12.0. The van der Waals surface area contributed by atoms with Gasteiger partial charge >= 0.3 is 0 Å². The van der Waals surface area contributed by atoms with Crippen molar-refractivity contribution in [3.05, 3.63) is 35.4 Å². The number of hydrogen-bond acceptors (Lipinski definition) is 1. The molecule has 17 heavy (non-hydrogen) atoms. The number of nitrogens with zero attached hydrogens (tertiary/aromatic N) is 1. The zero-order valence-corrected chi connectivity index (χ0v) is 10.7. The minimum absolute atomic E-state index is 0.830. The molecule has 1 saturated carbocycles. The molecule has 0 bridgehead atoms. The summed E-state index contributed by atoms with van der Waals surface area (Å²) in [6.45, 7) is 4.02. The average molecular weight is 231 g/mol. The molecule has 0 aliphatic heterocycles. The number of guanidine groups is 1. The van der Waals surface area contributed by atoms with Gasteiger partial charge in [0, 0.05) is 20.1 Å². The number of benzene rings is 1. The summed E-state index contributed by atoms with van der Waals surface area (Å²) in [4.78, 5) is 4.23. The summed E-state index contributed by atoms with van der Waals surface area (Å²) in [5, 5.41) is 6.71. The van der Waals surface area contributed by atoms with E-state index >= 15 is 0 Å². The molecule has 1 aliphatic carbocycles. The van der Waals surface area contributed by atoms with Gasteiger partial charge in [-0.05, 0) is 36.8 Å². The normalized spacial score (nSPS) is 15.8. The quantitative estimate of drug-likeness (QED) is 0.615. The lowest BCUT2D eigenvalue weighted by molar-refractivity contribution is 0.736. The van der Waals surface area contributed by atoms with E-state index in [0.717, 1.165) is 25.0 Å². The summed E-state index contributed by atoms with van der Waals surface area (Å²) in [5.74, 6) is 1.77. The van der Waals surface area contributed by atoms with Crippen molar-refractivity contribution in [3.63, 3.8) is 0 Å². The number of hydrogen-bond donors (Lipinski definition) is 2. The van der Waals surface area contributed by atoms with Gasteiger partial charge in [0.1, 0.15) is 0 Å². The predicted octanol–water partition coefficient (Wildman–Crippen LogP) is 2.07. The Morgan fingerprint density at radius 1 is 1.29 bits per heavy atom. The van der Waals surface area contributed by atoms with E-state index in [4.69, 9.17) is 0 Å². The average Bonchev–Trinajstić information content (AvgIpc) is 3.15. The number of rotatable bonds is 4. The second-order valence-electron chi connectivity index (χ2n) is 4.68. The topological polar surface area (TPSA) is 36.4 Å². The third-order valence-corrected chi connectivity index (χ3v) is 3.19.